The number of pyridine rings is 1. The van der Waals surface area contributed by atoms with E-state index in [0.717, 1.165) is 66.8 Å². The molecular weight excluding hydrogens is 805 g/mol. The number of hydrogen-bond acceptors (Lipinski definition) is 6. The summed E-state index contributed by atoms with van der Waals surface area (Å²) in [7, 11) is 0. The van der Waals surface area contributed by atoms with Crippen molar-refractivity contribution in [2.45, 2.75) is 11.8 Å². The summed E-state index contributed by atoms with van der Waals surface area (Å²) in [6, 6.07) is 74.6. The Morgan fingerprint density at radius 1 is 0.273 bits per heavy atom. The predicted molar refractivity (Wildman–Crippen MR) is 264 cm³/mol. The first-order valence-corrected chi connectivity index (χ1v) is 22.3. The molecule has 2 bridgehead atoms. The third-order valence-electron chi connectivity index (χ3n) is 13.2. The van der Waals surface area contributed by atoms with E-state index in [9.17, 15) is 0 Å². The summed E-state index contributed by atoms with van der Waals surface area (Å²) in [6.45, 7) is 0. The average molecular weight is 843 g/mol. The maximum atomic E-state index is 5.31. The summed E-state index contributed by atoms with van der Waals surface area (Å²) in [5.41, 5.74) is 18.8. The fraction of sp³-hybridized carbons (Fsp3) is 0.0333. The van der Waals surface area contributed by atoms with Gasteiger partial charge in [0, 0.05) is 56.8 Å². The first kappa shape index (κ1) is 37.8. The summed E-state index contributed by atoms with van der Waals surface area (Å²) < 4.78 is 0. The normalized spacial score (nSPS) is 14.4. The molecule has 66 heavy (non-hydrogen) atoms. The quantitative estimate of drug-likeness (QED) is 0.159. The zero-order valence-electron chi connectivity index (χ0n) is 35.6. The van der Waals surface area contributed by atoms with Crippen molar-refractivity contribution in [2.24, 2.45) is 0 Å². The zero-order chi connectivity index (χ0) is 43.6. The van der Waals surface area contributed by atoms with E-state index in [1.54, 1.807) is 0 Å². The Morgan fingerprint density at radius 3 is 1.36 bits per heavy atom. The van der Waals surface area contributed by atoms with Gasteiger partial charge >= 0.3 is 0 Å². The minimum Gasteiger partial charge on any atom is -0.256 e. The average Bonchev–Trinajstić information content (AvgIpc) is 3.40. The Bertz CT molecular complexity index is 3610. The summed E-state index contributed by atoms with van der Waals surface area (Å²) in [6.07, 6.45) is 1.84. The largest absolute Gasteiger partial charge is 0.256 e. The molecule has 0 N–H and O–H groups in total. The van der Waals surface area contributed by atoms with Gasteiger partial charge in [-0.25, -0.2) is 24.9 Å². The molecule has 6 nitrogen and oxygen atoms in total. The Labute approximate surface area is 382 Å². The smallest absolute Gasteiger partial charge is 0.164 e. The van der Waals surface area contributed by atoms with Crippen LogP contribution in [0.1, 0.15) is 45.2 Å². The second kappa shape index (κ2) is 15.5. The number of hydrogen-bond donors (Lipinski definition) is 0. The fourth-order valence-corrected chi connectivity index (χ4v) is 10.1. The van der Waals surface area contributed by atoms with E-state index in [-0.39, 0.29) is 11.8 Å². The molecule has 0 radical (unpaired) electrons. The minimum atomic E-state index is 0.0408. The van der Waals surface area contributed by atoms with E-state index in [4.69, 9.17) is 24.9 Å². The molecule has 3 aliphatic rings. The van der Waals surface area contributed by atoms with Crippen LogP contribution in [-0.4, -0.2) is 29.9 Å². The zero-order valence-corrected chi connectivity index (χ0v) is 35.6. The third-order valence-corrected chi connectivity index (χ3v) is 13.2. The standard InChI is InChI=1S/C60H38N6/c1-4-15-37(16-5-1)57-62-53(36-54(63-57)45-23-11-10-22-44(45)40-28-31-52-41(33-40)21-14-32-61-52)42-26-29-48-50(34-42)55-46-24-12-13-25-47(46)56(48)51-35-43(27-30-49(51)55)60-65-58(38-17-6-2-7-18-38)64-59(66-60)39-19-8-3-9-20-39/h1-36,55-56H. The molecule has 3 aliphatic carbocycles. The van der Waals surface area contributed by atoms with Crippen LogP contribution >= 0.6 is 0 Å². The van der Waals surface area contributed by atoms with E-state index in [1.165, 1.54) is 33.4 Å². The van der Waals surface area contributed by atoms with Gasteiger partial charge < -0.3 is 0 Å². The summed E-state index contributed by atoms with van der Waals surface area (Å²) in [5.74, 6) is 2.73. The monoisotopic (exact) mass is 842 g/mol. The molecule has 0 aliphatic heterocycles. The maximum absolute atomic E-state index is 5.31. The number of fused-ring (bicyclic) bond motifs is 1. The number of rotatable bonds is 7. The van der Waals surface area contributed by atoms with Crippen molar-refractivity contribution in [3.8, 4) is 79.2 Å². The van der Waals surface area contributed by atoms with Crippen molar-refractivity contribution in [2.75, 3.05) is 0 Å². The van der Waals surface area contributed by atoms with Gasteiger partial charge in [0.15, 0.2) is 23.3 Å². The Hall–Kier alpha value is -8.74. The van der Waals surface area contributed by atoms with E-state index in [1.807, 2.05) is 66.9 Å². The van der Waals surface area contributed by atoms with Gasteiger partial charge in [-0.15, -0.1) is 0 Å². The first-order chi connectivity index (χ1) is 32.7. The molecule has 0 saturated heterocycles. The van der Waals surface area contributed by atoms with Gasteiger partial charge in [-0.1, -0.05) is 176 Å². The molecule has 0 saturated carbocycles. The molecule has 3 aromatic heterocycles. The molecule has 0 amide bonds. The Balaban J connectivity index is 0.939. The summed E-state index contributed by atoms with van der Waals surface area (Å²) in [4.78, 5) is 30.3. The van der Waals surface area contributed by atoms with Crippen molar-refractivity contribution in [3.63, 3.8) is 0 Å². The molecule has 11 aromatic rings. The lowest BCUT2D eigenvalue weighted by Crippen LogP contribution is -2.27. The molecule has 3 heterocycles. The van der Waals surface area contributed by atoms with Crippen LogP contribution in [0.4, 0.5) is 0 Å². The highest BCUT2D eigenvalue weighted by molar-refractivity contribution is 5.90. The molecule has 14 rings (SSSR count). The molecule has 8 aromatic carbocycles. The van der Waals surface area contributed by atoms with Gasteiger partial charge in [0.05, 0.1) is 16.9 Å². The fourth-order valence-electron chi connectivity index (χ4n) is 10.1. The second-order valence-electron chi connectivity index (χ2n) is 17.0. The highest BCUT2D eigenvalue weighted by Gasteiger charge is 2.41. The van der Waals surface area contributed by atoms with Gasteiger partial charge in [-0.2, -0.15) is 0 Å². The number of benzene rings is 8. The molecule has 2 unspecified atom stereocenters. The van der Waals surface area contributed by atoms with Gasteiger partial charge in [-0.3, -0.25) is 4.98 Å². The van der Waals surface area contributed by atoms with E-state index in [2.05, 4.69) is 157 Å². The predicted octanol–water partition coefficient (Wildman–Crippen LogP) is 13.9. The van der Waals surface area contributed by atoms with E-state index < -0.39 is 0 Å². The molecule has 0 fully saturated rings. The van der Waals surface area contributed by atoms with Crippen LogP contribution in [0, 0.1) is 0 Å². The van der Waals surface area contributed by atoms with Crippen LogP contribution < -0.4 is 0 Å². The maximum Gasteiger partial charge on any atom is 0.164 e. The van der Waals surface area contributed by atoms with Gasteiger partial charge in [0.1, 0.15) is 0 Å². The van der Waals surface area contributed by atoms with Crippen LogP contribution in [0.5, 0.6) is 0 Å². The van der Waals surface area contributed by atoms with Gasteiger partial charge in [0.25, 0.3) is 0 Å². The minimum absolute atomic E-state index is 0.0408. The van der Waals surface area contributed by atoms with Crippen LogP contribution in [0.15, 0.2) is 219 Å². The Morgan fingerprint density at radius 2 is 0.742 bits per heavy atom. The highest BCUT2D eigenvalue weighted by Crippen LogP contribution is 2.56. The van der Waals surface area contributed by atoms with Crippen LogP contribution in [0.3, 0.4) is 0 Å². The molecule has 0 spiro atoms. The molecular formula is C60H38N6. The lowest BCUT2D eigenvalue weighted by molar-refractivity contribution is 0.754. The third kappa shape index (κ3) is 6.41. The van der Waals surface area contributed by atoms with Crippen molar-refractivity contribution in [3.05, 3.63) is 252 Å². The highest BCUT2D eigenvalue weighted by atomic mass is 15.0. The lowest BCUT2D eigenvalue weighted by Gasteiger charge is -2.42. The number of aromatic nitrogens is 6. The van der Waals surface area contributed by atoms with Crippen molar-refractivity contribution >= 4 is 10.9 Å². The summed E-state index contributed by atoms with van der Waals surface area (Å²) in [5, 5.41) is 1.10. The number of nitrogens with zero attached hydrogens (tertiary/aromatic N) is 6. The second-order valence-corrected chi connectivity index (χ2v) is 17.0. The van der Waals surface area contributed by atoms with Gasteiger partial charge in [-0.05, 0) is 80.9 Å². The lowest BCUT2D eigenvalue weighted by atomic mass is 9.60. The van der Waals surface area contributed by atoms with Crippen LogP contribution in [0.2, 0.25) is 0 Å². The van der Waals surface area contributed by atoms with Crippen LogP contribution in [-0.2, 0) is 0 Å². The van der Waals surface area contributed by atoms with Crippen molar-refractivity contribution in [1.82, 2.24) is 29.9 Å². The SMILES string of the molecule is c1ccc(-c2nc(-c3ccc4c(c3)C3c5ccccc5C4c4cc(-c5nc(-c6ccccc6)nc(-c6ccccc6)n5)ccc43)cc(-c3ccccc3-c3ccc4ncccc4c3)n2)cc1. The van der Waals surface area contributed by atoms with Crippen molar-refractivity contribution < 1.29 is 0 Å². The topological polar surface area (TPSA) is 77.3 Å². The van der Waals surface area contributed by atoms with Crippen LogP contribution in [0.25, 0.3) is 90.1 Å². The molecule has 2 atom stereocenters. The summed E-state index contributed by atoms with van der Waals surface area (Å²) >= 11 is 0. The Kier molecular flexibility index (Phi) is 8.88. The van der Waals surface area contributed by atoms with Gasteiger partial charge in [0.2, 0.25) is 0 Å². The van der Waals surface area contributed by atoms with Crippen molar-refractivity contribution in [1.29, 1.82) is 0 Å². The first-order valence-electron chi connectivity index (χ1n) is 22.3. The van der Waals surface area contributed by atoms with E-state index in [0.29, 0.717) is 23.3 Å². The molecule has 308 valence electrons. The molecule has 6 heteroatoms. The van der Waals surface area contributed by atoms with E-state index >= 15 is 0 Å².